The fraction of sp³-hybridized carbons (Fsp3) is 0.647. The number of hydrogen-bond donors (Lipinski definition) is 1. The molecule has 1 aromatic rings. The summed E-state index contributed by atoms with van der Waals surface area (Å²) in [6, 6.07) is 7.95. The molecule has 0 bridgehead atoms. The molecule has 1 fully saturated rings. The number of benzene rings is 1. The molecule has 1 aliphatic rings. The van der Waals surface area contributed by atoms with E-state index in [4.69, 9.17) is 15.2 Å². The monoisotopic (exact) mass is 292 g/mol. The van der Waals surface area contributed by atoms with E-state index in [1.54, 1.807) is 0 Å². The highest BCUT2D eigenvalue weighted by atomic mass is 16.5. The summed E-state index contributed by atoms with van der Waals surface area (Å²) in [4.78, 5) is 2.43. The van der Waals surface area contributed by atoms with Gasteiger partial charge >= 0.3 is 0 Å². The Kier molecular flexibility index (Phi) is 6.03. The minimum absolute atomic E-state index is 0.0552. The van der Waals surface area contributed by atoms with Crippen molar-refractivity contribution in [2.45, 2.75) is 45.4 Å². The Morgan fingerprint density at radius 1 is 1.43 bits per heavy atom. The van der Waals surface area contributed by atoms with Gasteiger partial charge in [0, 0.05) is 13.1 Å². The highest BCUT2D eigenvalue weighted by Gasteiger charge is 2.26. The molecule has 2 atom stereocenters. The Hall–Kier alpha value is -1.10. The number of rotatable bonds is 6. The van der Waals surface area contributed by atoms with Crippen molar-refractivity contribution in [2.75, 3.05) is 26.2 Å². The van der Waals surface area contributed by atoms with E-state index in [0.29, 0.717) is 0 Å². The van der Waals surface area contributed by atoms with E-state index in [2.05, 4.69) is 17.9 Å². The summed E-state index contributed by atoms with van der Waals surface area (Å²) in [6.07, 6.45) is 1.39. The molecule has 1 saturated heterocycles. The number of ether oxygens (including phenoxy) is 2. The Morgan fingerprint density at radius 3 is 2.95 bits per heavy atom. The van der Waals surface area contributed by atoms with Gasteiger partial charge in [0.05, 0.1) is 24.9 Å². The lowest BCUT2D eigenvalue weighted by Crippen LogP contribution is -2.47. The van der Waals surface area contributed by atoms with Gasteiger partial charge in [0.15, 0.2) is 0 Å². The Bertz CT molecular complexity index is 435. The molecular formula is C17H28N2O2. The summed E-state index contributed by atoms with van der Waals surface area (Å²) < 4.78 is 11.6. The van der Waals surface area contributed by atoms with Crippen molar-refractivity contribution in [1.29, 1.82) is 0 Å². The van der Waals surface area contributed by atoms with Gasteiger partial charge in [0.1, 0.15) is 5.75 Å². The summed E-state index contributed by atoms with van der Waals surface area (Å²) in [5.74, 6) is 0.874. The molecular weight excluding hydrogens is 264 g/mol. The summed E-state index contributed by atoms with van der Waals surface area (Å²) in [7, 11) is 0. The molecule has 1 aliphatic heterocycles. The van der Waals surface area contributed by atoms with Gasteiger partial charge in [-0.25, -0.2) is 0 Å². The maximum absolute atomic E-state index is 6.42. The summed E-state index contributed by atoms with van der Waals surface area (Å²) >= 11 is 0. The van der Waals surface area contributed by atoms with E-state index in [0.717, 1.165) is 37.6 Å². The lowest BCUT2D eigenvalue weighted by Gasteiger charge is -2.35. The molecule has 21 heavy (non-hydrogen) atoms. The second-order valence-corrected chi connectivity index (χ2v) is 5.97. The van der Waals surface area contributed by atoms with Crippen LogP contribution in [0.1, 0.15) is 38.8 Å². The van der Waals surface area contributed by atoms with E-state index in [1.165, 1.54) is 6.42 Å². The van der Waals surface area contributed by atoms with Crippen molar-refractivity contribution < 1.29 is 9.47 Å². The van der Waals surface area contributed by atoms with Crippen LogP contribution in [0.25, 0.3) is 0 Å². The van der Waals surface area contributed by atoms with Crippen LogP contribution in [-0.2, 0) is 4.74 Å². The second-order valence-electron chi connectivity index (χ2n) is 5.97. The molecule has 0 radical (unpaired) electrons. The molecule has 2 unspecified atom stereocenters. The van der Waals surface area contributed by atoms with Gasteiger partial charge in [0.25, 0.3) is 0 Å². The standard InChI is InChI=1S/C17H28N2O2/c1-4-8-19-9-10-20-16(12-19)17(18)14-6-5-7-15(11-14)21-13(2)3/h5-7,11,13,16-17H,4,8-10,12,18H2,1-3H3. The van der Waals surface area contributed by atoms with Gasteiger partial charge < -0.3 is 15.2 Å². The van der Waals surface area contributed by atoms with E-state index in [-0.39, 0.29) is 18.2 Å². The van der Waals surface area contributed by atoms with E-state index < -0.39 is 0 Å². The zero-order chi connectivity index (χ0) is 15.2. The molecule has 2 rings (SSSR count). The molecule has 0 amide bonds. The number of nitrogens with zero attached hydrogens (tertiary/aromatic N) is 1. The predicted octanol–water partition coefficient (Wildman–Crippen LogP) is 2.58. The van der Waals surface area contributed by atoms with Crippen molar-refractivity contribution in [1.82, 2.24) is 4.90 Å². The van der Waals surface area contributed by atoms with Gasteiger partial charge in [-0.3, -0.25) is 4.90 Å². The Labute approximate surface area is 128 Å². The van der Waals surface area contributed by atoms with Gasteiger partial charge in [-0.1, -0.05) is 19.1 Å². The van der Waals surface area contributed by atoms with Crippen LogP contribution in [0.5, 0.6) is 5.75 Å². The lowest BCUT2D eigenvalue weighted by atomic mass is 10.0. The number of nitrogens with two attached hydrogens (primary N) is 1. The molecule has 0 spiro atoms. The third-order valence-electron chi connectivity index (χ3n) is 3.73. The maximum Gasteiger partial charge on any atom is 0.120 e. The molecule has 0 aliphatic carbocycles. The van der Waals surface area contributed by atoms with Gasteiger partial charge in [-0.15, -0.1) is 0 Å². The molecule has 0 saturated carbocycles. The average molecular weight is 292 g/mol. The van der Waals surface area contributed by atoms with Crippen molar-refractivity contribution in [3.8, 4) is 5.75 Å². The fourth-order valence-corrected chi connectivity index (χ4v) is 2.75. The highest BCUT2D eigenvalue weighted by Crippen LogP contribution is 2.24. The number of morpholine rings is 1. The van der Waals surface area contributed by atoms with Gasteiger partial charge in [-0.2, -0.15) is 0 Å². The largest absolute Gasteiger partial charge is 0.491 e. The Balaban J connectivity index is 2.03. The molecule has 1 aromatic carbocycles. The van der Waals surface area contributed by atoms with Crippen LogP contribution >= 0.6 is 0 Å². The van der Waals surface area contributed by atoms with E-state index in [9.17, 15) is 0 Å². The third-order valence-corrected chi connectivity index (χ3v) is 3.73. The normalized spacial score (nSPS) is 21.5. The molecule has 2 N–H and O–H groups in total. The first-order valence-corrected chi connectivity index (χ1v) is 7.96. The summed E-state index contributed by atoms with van der Waals surface area (Å²) in [6.45, 7) is 10.1. The highest BCUT2D eigenvalue weighted by molar-refractivity contribution is 5.31. The average Bonchev–Trinajstić information content (AvgIpc) is 2.47. The third kappa shape index (κ3) is 4.70. The van der Waals surface area contributed by atoms with E-state index in [1.807, 2.05) is 32.0 Å². The first-order chi connectivity index (χ1) is 10.1. The second kappa shape index (κ2) is 7.78. The smallest absolute Gasteiger partial charge is 0.120 e. The van der Waals surface area contributed by atoms with Crippen LogP contribution in [0.3, 0.4) is 0 Å². The molecule has 0 aromatic heterocycles. The number of hydrogen-bond acceptors (Lipinski definition) is 4. The lowest BCUT2D eigenvalue weighted by molar-refractivity contribution is -0.0408. The van der Waals surface area contributed by atoms with Crippen LogP contribution in [0.2, 0.25) is 0 Å². The Morgan fingerprint density at radius 2 is 2.24 bits per heavy atom. The van der Waals surface area contributed by atoms with Crippen molar-refractivity contribution in [3.05, 3.63) is 29.8 Å². The van der Waals surface area contributed by atoms with Crippen LogP contribution < -0.4 is 10.5 Å². The van der Waals surface area contributed by atoms with Crippen molar-refractivity contribution >= 4 is 0 Å². The first-order valence-electron chi connectivity index (χ1n) is 7.96. The van der Waals surface area contributed by atoms with Gasteiger partial charge in [-0.05, 0) is 44.5 Å². The molecule has 1 heterocycles. The minimum Gasteiger partial charge on any atom is -0.491 e. The zero-order valence-electron chi connectivity index (χ0n) is 13.4. The molecule has 4 nitrogen and oxygen atoms in total. The minimum atomic E-state index is -0.111. The quantitative estimate of drug-likeness (QED) is 0.875. The van der Waals surface area contributed by atoms with Crippen molar-refractivity contribution in [3.63, 3.8) is 0 Å². The fourth-order valence-electron chi connectivity index (χ4n) is 2.75. The van der Waals surface area contributed by atoms with Crippen LogP contribution in [0.4, 0.5) is 0 Å². The van der Waals surface area contributed by atoms with E-state index >= 15 is 0 Å². The molecule has 118 valence electrons. The summed E-state index contributed by atoms with van der Waals surface area (Å²) in [5.41, 5.74) is 7.50. The summed E-state index contributed by atoms with van der Waals surface area (Å²) in [5, 5.41) is 0. The molecule has 4 heteroatoms. The first kappa shape index (κ1) is 16.3. The van der Waals surface area contributed by atoms with Crippen LogP contribution in [0.15, 0.2) is 24.3 Å². The predicted molar refractivity (Wildman–Crippen MR) is 85.6 cm³/mol. The van der Waals surface area contributed by atoms with Crippen LogP contribution in [-0.4, -0.2) is 43.3 Å². The SMILES string of the molecule is CCCN1CCOC(C(N)c2cccc(OC(C)C)c2)C1. The zero-order valence-corrected chi connectivity index (χ0v) is 13.4. The van der Waals surface area contributed by atoms with Crippen molar-refractivity contribution in [2.24, 2.45) is 5.73 Å². The van der Waals surface area contributed by atoms with Gasteiger partial charge in [0.2, 0.25) is 0 Å². The van der Waals surface area contributed by atoms with Crippen LogP contribution in [0, 0.1) is 0 Å². The maximum atomic E-state index is 6.42. The topological polar surface area (TPSA) is 47.7 Å².